The SMILES string of the molecule is CCCC=CCCCCC.O. The molecule has 0 radical (unpaired) electrons. The molecule has 2 N–H and O–H groups in total. The minimum Gasteiger partial charge on any atom is -0.412 e. The molecule has 0 aliphatic heterocycles. The molecule has 0 aromatic carbocycles. The first-order valence-corrected chi connectivity index (χ1v) is 4.56. The minimum absolute atomic E-state index is 0. The van der Waals surface area contributed by atoms with Crippen LogP contribution in [0.15, 0.2) is 12.2 Å². The molecule has 0 aliphatic rings. The van der Waals surface area contributed by atoms with Crippen molar-refractivity contribution in [3.05, 3.63) is 12.2 Å². The van der Waals surface area contributed by atoms with Gasteiger partial charge in [0.1, 0.15) is 0 Å². The van der Waals surface area contributed by atoms with Crippen LogP contribution in [0, 0.1) is 0 Å². The van der Waals surface area contributed by atoms with E-state index >= 15 is 0 Å². The second-order valence-corrected chi connectivity index (χ2v) is 2.76. The Morgan fingerprint density at radius 3 is 2.00 bits per heavy atom. The highest BCUT2D eigenvalue weighted by molar-refractivity contribution is 4.80. The van der Waals surface area contributed by atoms with Gasteiger partial charge in [0, 0.05) is 0 Å². The van der Waals surface area contributed by atoms with Gasteiger partial charge in [-0.1, -0.05) is 45.3 Å². The molecule has 0 heterocycles. The van der Waals surface area contributed by atoms with Crippen LogP contribution in [-0.2, 0) is 0 Å². The molecule has 0 saturated carbocycles. The molecule has 11 heavy (non-hydrogen) atoms. The zero-order valence-corrected chi connectivity index (χ0v) is 7.90. The second-order valence-electron chi connectivity index (χ2n) is 2.76. The predicted octanol–water partition coefficient (Wildman–Crippen LogP) is 3.10. The van der Waals surface area contributed by atoms with Gasteiger partial charge in [-0.25, -0.2) is 0 Å². The lowest BCUT2D eigenvalue weighted by Gasteiger charge is -1.90. The normalized spacial score (nSPS) is 10.0. The van der Waals surface area contributed by atoms with Crippen LogP contribution in [0.2, 0.25) is 0 Å². The minimum atomic E-state index is 0. The standard InChI is InChI=1S/C10H20.H2O/c1-3-5-7-9-10-8-6-4-2;/h7,9H,3-6,8,10H2,1-2H3;1H2. The Bertz CT molecular complexity index is 76.9. The first kappa shape index (κ1) is 13.3. The summed E-state index contributed by atoms with van der Waals surface area (Å²) in [4.78, 5) is 0. The summed E-state index contributed by atoms with van der Waals surface area (Å²) in [5.41, 5.74) is 0. The number of unbranched alkanes of at least 4 members (excludes halogenated alkanes) is 4. The summed E-state index contributed by atoms with van der Waals surface area (Å²) in [6.45, 7) is 4.46. The zero-order chi connectivity index (χ0) is 7.66. The van der Waals surface area contributed by atoms with Crippen molar-refractivity contribution in [1.82, 2.24) is 0 Å². The number of allylic oxidation sites excluding steroid dienone is 2. The molecule has 0 unspecified atom stereocenters. The molecular formula is C10H22O. The highest BCUT2D eigenvalue weighted by atomic mass is 16.0. The van der Waals surface area contributed by atoms with Crippen LogP contribution in [0.4, 0.5) is 0 Å². The third-order valence-electron chi connectivity index (χ3n) is 1.60. The summed E-state index contributed by atoms with van der Waals surface area (Å²) in [6.07, 6.45) is 12.5. The molecule has 0 spiro atoms. The highest BCUT2D eigenvalue weighted by Gasteiger charge is 1.80. The number of rotatable bonds is 6. The van der Waals surface area contributed by atoms with Crippen molar-refractivity contribution in [2.75, 3.05) is 0 Å². The van der Waals surface area contributed by atoms with E-state index in [9.17, 15) is 0 Å². The summed E-state index contributed by atoms with van der Waals surface area (Å²) >= 11 is 0. The van der Waals surface area contributed by atoms with Gasteiger partial charge >= 0.3 is 0 Å². The Morgan fingerprint density at radius 1 is 0.818 bits per heavy atom. The van der Waals surface area contributed by atoms with Crippen molar-refractivity contribution in [2.45, 2.75) is 52.4 Å². The van der Waals surface area contributed by atoms with E-state index in [0.29, 0.717) is 0 Å². The molecule has 1 nitrogen and oxygen atoms in total. The van der Waals surface area contributed by atoms with Gasteiger partial charge in [-0.3, -0.25) is 0 Å². The van der Waals surface area contributed by atoms with E-state index < -0.39 is 0 Å². The van der Waals surface area contributed by atoms with Crippen molar-refractivity contribution >= 4 is 0 Å². The molecule has 0 saturated heterocycles. The monoisotopic (exact) mass is 158 g/mol. The van der Waals surface area contributed by atoms with Crippen molar-refractivity contribution < 1.29 is 5.48 Å². The fraction of sp³-hybridized carbons (Fsp3) is 0.800. The van der Waals surface area contributed by atoms with Crippen molar-refractivity contribution in [3.63, 3.8) is 0 Å². The van der Waals surface area contributed by atoms with Crippen molar-refractivity contribution in [2.24, 2.45) is 0 Å². The highest BCUT2D eigenvalue weighted by Crippen LogP contribution is 2.00. The average Bonchev–Trinajstić information content (AvgIpc) is 1.97. The quantitative estimate of drug-likeness (QED) is 0.420. The van der Waals surface area contributed by atoms with Crippen LogP contribution in [0.5, 0.6) is 0 Å². The first-order chi connectivity index (χ1) is 4.91. The van der Waals surface area contributed by atoms with Crippen molar-refractivity contribution in [3.8, 4) is 0 Å². The van der Waals surface area contributed by atoms with E-state index in [1.807, 2.05) is 0 Å². The van der Waals surface area contributed by atoms with E-state index in [1.54, 1.807) is 0 Å². The van der Waals surface area contributed by atoms with Crippen LogP contribution in [0.25, 0.3) is 0 Å². The zero-order valence-electron chi connectivity index (χ0n) is 7.90. The summed E-state index contributed by atoms with van der Waals surface area (Å²) in [5, 5.41) is 0. The molecule has 0 atom stereocenters. The lowest BCUT2D eigenvalue weighted by atomic mass is 10.2. The van der Waals surface area contributed by atoms with Crippen LogP contribution in [0.3, 0.4) is 0 Å². The Hall–Kier alpha value is -0.300. The molecular weight excluding hydrogens is 136 g/mol. The van der Waals surface area contributed by atoms with E-state index in [4.69, 9.17) is 0 Å². The van der Waals surface area contributed by atoms with Gasteiger partial charge in [0.25, 0.3) is 0 Å². The lowest BCUT2D eigenvalue weighted by molar-refractivity contribution is 0.727. The number of hydrogen-bond acceptors (Lipinski definition) is 0. The van der Waals surface area contributed by atoms with Gasteiger partial charge in [-0.2, -0.15) is 0 Å². The molecule has 0 bridgehead atoms. The third kappa shape index (κ3) is 12.8. The lowest BCUT2D eigenvalue weighted by Crippen LogP contribution is -1.70. The third-order valence-corrected chi connectivity index (χ3v) is 1.60. The van der Waals surface area contributed by atoms with Gasteiger partial charge in [0.2, 0.25) is 0 Å². The van der Waals surface area contributed by atoms with Gasteiger partial charge < -0.3 is 5.48 Å². The first-order valence-electron chi connectivity index (χ1n) is 4.56. The summed E-state index contributed by atoms with van der Waals surface area (Å²) in [6, 6.07) is 0. The molecule has 0 fully saturated rings. The molecule has 0 aromatic rings. The Labute approximate surface area is 70.8 Å². The summed E-state index contributed by atoms with van der Waals surface area (Å²) in [5.74, 6) is 0. The summed E-state index contributed by atoms with van der Waals surface area (Å²) < 4.78 is 0. The Kier molecular flexibility index (Phi) is 15.0. The van der Waals surface area contributed by atoms with Crippen LogP contribution in [0.1, 0.15) is 52.4 Å². The van der Waals surface area contributed by atoms with Gasteiger partial charge in [0.05, 0.1) is 0 Å². The predicted molar refractivity (Wildman–Crippen MR) is 51.8 cm³/mol. The molecule has 0 aromatic heterocycles. The van der Waals surface area contributed by atoms with Gasteiger partial charge in [-0.05, 0) is 19.3 Å². The molecule has 1 heteroatoms. The average molecular weight is 158 g/mol. The van der Waals surface area contributed by atoms with Gasteiger partial charge in [-0.15, -0.1) is 0 Å². The van der Waals surface area contributed by atoms with Gasteiger partial charge in [0.15, 0.2) is 0 Å². The van der Waals surface area contributed by atoms with E-state index in [-0.39, 0.29) is 5.48 Å². The largest absolute Gasteiger partial charge is 0.412 e. The maximum absolute atomic E-state index is 2.32. The second kappa shape index (κ2) is 12.4. The maximum atomic E-state index is 2.32. The van der Waals surface area contributed by atoms with E-state index in [1.165, 1.54) is 38.5 Å². The van der Waals surface area contributed by atoms with E-state index in [2.05, 4.69) is 26.0 Å². The molecule has 0 amide bonds. The molecule has 68 valence electrons. The van der Waals surface area contributed by atoms with Crippen LogP contribution < -0.4 is 0 Å². The fourth-order valence-electron chi connectivity index (χ4n) is 0.915. The smallest absolute Gasteiger partial charge is 0.0351 e. The Balaban J connectivity index is 0. The molecule has 0 aliphatic carbocycles. The van der Waals surface area contributed by atoms with Crippen LogP contribution in [-0.4, -0.2) is 5.48 Å². The van der Waals surface area contributed by atoms with Crippen LogP contribution >= 0.6 is 0 Å². The Morgan fingerprint density at radius 2 is 1.45 bits per heavy atom. The molecule has 0 rings (SSSR count). The van der Waals surface area contributed by atoms with E-state index in [0.717, 1.165) is 0 Å². The topological polar surface area (TPSA) is 31.5 Å². The fourth-order valence-corrected chi connectivity index (χ4v) is 0.915. The van der Waals surface area contributed by atoms with Crippen molar-refractivity contribution in [1.29, 1.82) is 0 Å². The maximum Gasteiger partial charge on any atom is -0.0351 e. The number of hydrogen-bond donors (Lipinski definition) is 0. The summed E-state index contributed by atoms with van der Waals surface area (Å²) in [7, 11) is 0.